The number of nitrogens with zero attached hydrogens (tertiary/aromatic N) is 1. The van der Waals surface area contributed by atoms with Gasteiger partial charge in [-0.25, -0.2) is 0 Å². The molecule has 1 heterocycles. The average molecular weight is 304 g/mol. The minimum Gasteiger partial charge on any atom is -0.349 e. The number of hydrogen-bond acceptors (Lipinski definition) is 3. The van der Waals surface area contributed by atoms with E-state index in [9.17, 15) is 9.59 Å². The molecular formula is C16H20N2O2S. The minimum absolute atomic E-state index is 0.0430. The Kier molecular flexibility index (Phi) is 4.48. The van der Waals surface area contributed by atoms with Crippen LogP contribution in [0.3, 0.4) is 0 Å². The zero-order chi connectivity index (χ0) is 14.7. The first-order chi connectivity index (χ1) is 10.2. The van der Waals surface area contributed by atoms with Crippen molar-refractivity contribution in [1.29, 1.82) is 0 Å². The van der Waals surface area contributed by atoms with Crippen LogP contribution >= 0.6 is 11.8 Å². The monoisotopic (exact) mass is 304 g/mol. The molecule has 2 amide bonds. The highest BCUT2D eigenvalue weighted by atomic mass is 32.2. The fourth-order valence-corrected chi connectivity index (χ4v) is 3.89. The summed E-state index contributed by atoms with van der Waals surface area (Å²) in [5.74, 6) is 0.887. The number of amides is 2. The van der Waals surface area contributed by atoms with Crippen LogP contribution in [0.5, 0.6) is 0 Å². The van der Waals surface area contributed by atoms with Gasteiger partial charge in [-0.05, 0) is 30.4 Å². The number of rotatable bonds is 4. The Bertz CT molecular complexity index is 547. The molecular weight excluding hydrogens is 284 g/mol. The van der Waals surface area contributed by atoms with Gasteiger partial charge >= 0.3 is 0 Å². The molecule has 0 aromatic heterocycles. The summed E-state index contributed by atoms with van der Waals surface area (Å²) in [7, 11) is 0. The predicted molar refractivity (Wildman–Crippen MR) is 84.3 cm³/mol. The third-order valence-corrected chi connectivity index (χ3v) is 5.05. The van der Waals surface area contributed by atoms with Crippen LogP contribution in [0.15, 0.2) is 24.3 Å². The number of nitrogens with one attached hydrogen (secondary N) is 1. The van der Waals surface area contributed by atoms with Crippen LogP contribution in [0.4, 0.5) is 4.79 Å². The van der Waals surface area contributed by atoms with E-state index in [1.165, 1.54) is 22.9 Å². The molecule has 1 atom stereocenters. The van der Waals surface area contributed by atoms with Crippen molar-refractivity contribution in [3.8, 4) is 0 Å². The number of aryl methyl sites for hydroxylation is 1. The van der Waals surface area contributed by atoms with Gasteiger partial charge in [0.05, 0.1) is 6.04 Å². The molecule has 5 heteroatoms. The van der Waals surface area contributed by atoms with Gasteiger partial charge in [0.15, 0.2) is 0 Å². The largest absolute Gasteiger partial charge is 0.349 e. The lowest BCUT2D eigenvalue weighted by atomic mass is 9.87. The van der Waals surface area contributed by atoms with Crippen LogP contribution in [-0.4, -0.2) is 34.9 Å². The van der Waals surface area contributed by atoms with Gasteiger partial charge in [-0.2, -0.15) is 0 Å². The molecule has 4 nitrogen and oxygen atoms in total. The quantitative estimate of drug-likeness (QED) is 0.930. The van der Waals surface area contributed by atoms with Gasteiger partial charge in [-0.15, -0.1) is 0 Å². The van der Waals surface area contributed by atoms with Gasteiger partial charge in [0.25, 0.3) is 5.24 Å². The van der Waals surface area contributed by atoms with Crippen LogP contribution in [-0.2, 0) is 11.2 Å². The molecule has 0 spiro atoms. The lowest BCUT2D eigenvalue weighted by molar-refractivity contribution is -0.122. The topological polar surface area (TPSA) is 49.4 Å². The van der Waals surface area contributed by atoms with Crippen LogP contribution < -0.4 is 5.32 Å². The van der Waals surface area contributed by atoms with E-state index >= 15 is 0 Å². The summed E-state index contributed by atoms with van der Waals surface area (Å²) in [6.07, 6.45) is 3.61. The van der Waals surface area contributed by atoms with Gasteiger partial charge in [0.2, 0.25) is 5.91 Å². The first-order valence-electron chi connectivity index (χ1n) is 7.53. The number of thioether (sulfide) groups is 1. The summed E-state index contributed by atoms with van der Waals surface area (Å²) in [6.45, 7) is 1.30. The highest BCUT2D eigenvalue weighted by molar-refractivity contribution is 8.13. The summed E-state index contributed by atoms with van der Waals surface area (Å²) in [5, 5.41) is 3.23. The van der Waals surface area contributed by atoms with Crippen LogP contribution in [0.25, 0.3) is 0 Å². The summed E-state index contributed by atoms with van der Waals surface area (Å²) < 4.78 is 0. The molecule has 21 heavy (non-hydrogen) atoms. The molecule has 1 aliphatic carbocycles. The van der Waals surface area contributed by atoms with Gasteiger partial charge in [-0.1, -0.05) is 36.0 Å². The Morgan fingerprint density at radius 3 is 3.05 bits per heavy atom. The average Bonchev–Trinajstić information content (AvgIpc) is 2.91. The van der Waals surface area contributed by atoms with Crippen molar-refractivity contribution in [3.63, 3.8) is 0 Å². The highest BCUT2D eigenvalue weighted by Crippen LogP contribution is 2.29. The molecule has 1 fully saturated rings. The Morgan fingerprint density at radius 1 is 1.38 bits per heavy atom. The Labute approximate surface area is 129 Å². The number of fused-ring (bicyclic) bond motifs is 1. The van der Waals surface area contributed by atoms with Crippen molar-refractivity contribution in [2.45, 2.75) is 31.7 Å². The first-order valence-corrected chi connectivity index (χ1v) is 8.51. The predicted octanol–water partition coefficient (Wildman–Crippen LogP) is 2.74. The minimum atomic E-state index is 0.0430. The van der Waals surface area contributed by atoms with Crippen molar-refractivity contribution >= 4 is 22.9 Å². The zero-order valence-corrected chi connectivity index (χ0v) is 12.8. The lowest BCUT2D eigenvalue weighted by Gasteiger charge is -2.26. The molecule has 1 aromatic rings. The second kappa shape index (κ2) is 6.52. The van der Waals surface area contributed by atoms with Crippen LogP contribution in [0.2, 0.25) is 0 Å². The van der Waals surface area contributed by atoms with Crippen LogP contribution in [0.1, 0.15) is 36.4 Å². The van der Waals surface area contributed by atoms with Crippen molar-refractivity contribution < 1.29 is 9.59 Å². The Balaban J connectivity index is 1.55. The van der Waals surface area contributed by atoms with E-state index in [-0.39, 0.29) is 17.2 Å². The maximum absolute atomic E-state index is 12.1. The third kappa shape index (κ3) is 3.40. The van der Waals surface area contributed by atoms with E-state index < -0.39 is 0 Å². The van der Waals surface area contributed by atoms with Crippen LogP contribution in [0, 0.1) is 0 Å². The molecule has 112 valence electrons. The summed E-state index contributed by atoms with van der Waals surface area (Å²) in [4.78, 5) is 25.4. The van der Waals surface area contributed by atoms with E-state index in [0.29, 0.717) is 13.0 Å². The smallest absolute Gasteiger partial charge is 0.281 e. The summed E-state index contributed by atoms with van der Waals surface area (Å²) in [5.41, 5.74) is 2.60. The standard InChI is InChI=1S/C16H20N2O2S/c19-15(8-9-18-10-11-21-16(18)20)17-14-7-3-5-12-4-1-2-6-13(12)14/h1-2,4,6,14H,3,5,7-11H2,(H,17,19)/t14-/m1/s1. The highest BCUT2D eigenvalue weighted by Gasteiger charge is 2.24. The van der Waals surface area contributed by atoms with Gasteiger partial charge in [0, 0.05) is 25.3 Å². The number of hydrogen-bond donors (Lipinski definition) is 1. The Hall–Kier alpha value is -1.49. The molecule has 1 aliphatic heterocycles. The first kappa shape index (κ1) is 14.4. The number of carbonyl (C=O) groups is 2. The fourth-order valence-electron chi connectivity index (χ4n) is 3.04. The van der Waals surface area contributed by atoms with Gasteiger partial charge < -0.3 is 10.2 Å². The lowest BCUT2D eigenvalue weighted by Crippen LogP contribution is -2.34. The van der Waals surface area contributed by atoms with Gasteiger partial charge in [-0.3, -0.25) is 9.59 Å². The molecule has 0 saturated carbocycles. The fraction of sp³-hybridized carbons (Fsp3) is 0.500. The summed E-state index contributed by atoms with van der Waals surface area (Å²) >= 11 is 1.34. The normalized spacial score (nSPS) is 21.2. The second-order valence-corrected chi connectivity index (χ2v) is 6.61. The van der Waals surface area contributed by atoms with E-state index in [1.807, 2.05) is 6.07 Å². The maximum atomic E-state index is 12.1. The SMILES string of the molecule is O=C(CCN1CCSC1=O)N[C@@H]1CCCc2ccccc21. The molecule has 2 aliphatic rings. The second-order valence-electron chi connectivity index (χ2n) is 5.56. The van der Waals surface area contributed by atoms with E-state index in [2.05, 4.69) is 23.5 Å². The Morgan fingerprint density at radius 2 is 2.24 bits per heavy atom. The molecule has 1 saturated heterocycles. The van der Waals surface area contributed by atoms with Crippen molar-refractivity contribution in [1.82, 2.24) is 10.2 Å². The maximum Gasteiger partial charge on any atom is 0.281 e. The molecule has 0 radical (unpaired) electrons. The number of benzene rings is 1. The molecule has 0 bridgehead atoms. The molecule has 3 rings (SSSR count). The van der Waals surface area contributed by atoms with E-state index in [0.717, 1.165) is 31.6 Å². The third-order valence-electron chi connectivity index (χ3n) is 4.16. The summed E-state index contributed by atoms with van der Waals surface area (Å²) in [6, 6.07) is 8.47. The molecule has 1 aromatic carbocycles. The molecule has 0 unspecified atom stereocenters. The van der Waals surface area contributed by atoms with E-state index in [1.54, 1.807) is 4.90 Å². The zero-order valence-electron chi connectivity index (χ0n) is 12.0. The molecule has 1 N–H and O–H groups in total. The number of carbonyl (C=O) groups excluding carboxylic acids is 2. The van der Waals surface area contributed by atoms with Gasteiger partial charge in [0.1, 0.15) is 0 Å². The van der Waals surface area contributed by atoms with Crippen molar-refractivity contribution in [2.24, 2.45) is 0 Å². The van der Waals surface area contributed by atoms with Crippen molar-refractivity contribution in [2.75, 3.05) is 18.8 Å². The van der Waals surface area contributed by atoms with Crippen molar-refractivity contribution in [3.05, 3.63) is 35.4 Å². The van der Waals surface area contributed by atoms with E-state index in [4.69, 9.17) is 0 Å².